The number of benzene rings is 1. The number of aliphatic hydroxyl groups is 1. The third-order valence-electron chi connectivity index (χ3n) is 5.92. The van der Waals surface area contributed by atoms with Crippen LogP contribution in [0.4, 0.5) is 17.3 Å². The lowest BCUT2D eigenvalue weighted by atomic mass is 9.93. The fourth-order valence-corrected chi connectivity index (χ4v) is 4.10. The van der Waals surface area contributed by atoms with Crippen LogP contribution >= 0.6 is 0 Å². The van der Waals surface area contributed by atoms with Gasteiger partial charge in [-0.15, -0.1) is 0 Å². The summed E-state index contributed by atoms with van der Waals surface area (Å²) in [6.07, 6.45) is 4.03. The number of pyridine rings is 2. The van der Waals surface area contributed by atoms with Crippen LogP contribution in [0.5, 0.6) is 0 Å². The van der Waals surface area contributed by atoms with E-state index in [2.05, 4.69) is 56.5 Å². The Morgan fingerprint density at radius 2 is 1.77 bits per heavy atom. The van der Waals surface area contributed by atoms with Gasteiger partial charge in [-0.25, -0.2) is 9.97 Å². The smallest absolute Gasteiger partial charge is 0.131 e. The Labute approximate surface area is 184 Å². The van der Waals surface area contributed by atoms with Crippen LogP contribution in [-0.2, 0) is 6.54 Å². The zero-order chi connectivity index (χ0) is 21.5. The van der Waals surface area contributed by atoms with Crippen LogP contribution in [0.1, 0.15) is 30.0 Å². The first kappa shape index (κ1) is 21.3. The standard InChI is InChI=1S/C25H31N5O/c1-29(17-18-31)22-10-8-20(9-11-22)19-30-15-12-21(13-16-30)23-5-4-7-25(27-23)28-24-6-2-3-14-26-24/h2-11,14,21,31H,12-13,15-19H2,1H3,(H,26,27,28). The molecule has 0 unspecified atom stereocenters. The third-order valence-corrected chi connectivity index (χ3v) is 5.92. The maximum absolute atomic E-state index is 9.10. The van der Waals surface area contributed by atoms with E-state index >= 15 is 0 Å². The van der Waals surface area contributed by atoms with Crippen molar-refractivity contribution < 1.29 is 5.11 Å². The Morgan fingerprint density at radius 3 is 2.48 bits per heavy atom. The molecule has 0 atom stereocenters. The predicted molar refractivity (Wildman–Crippen MR) is 126 cm³/mol. The summed E-state index contributed by atoms with van der Waals surface area (Å²) >= 11 is 0. The van der Waals surface area contributed by atoms with E-state index in [0.29, 0.717) is 12.5 Å². The zero-order valence-electron chi connectivity index (χ0n) is 18.1. The minimum Gasteiger partial charge on any atom is -0.395 e. The lowest BCUT2D eigenvalue weighted by molar-refractivity contribution is 0.203. The van der Waals surface area contributed by atoms with Crippen LogP contribution < -0.4 is 10.2 Å². The molecule has 162 valence electrons. The number of hydrogen-bond acceptors (Lipinski definition) is 6. The maximum Gasteiger partial charge on any atom is 0.131 e. The molecule has 0 saturated carbocycles. The molecular weight excluding hydrogens is 386 g/mol. The van der Waals surface area contributed by atoms with Crippen LogP contribution in [0, 0.1) is 0 Å². The summed E-state index contributed by atoms with van der Waals surface area (Å²) in [5.41, 5.74) is 3.64. The number of nitrogens with one attached hydrogen (secondary N) is 1. The van der Waals surface area contributed by atoms with Crippen LogP contribution in [0.3, 0.4) is 0 Å². The highest BCUT2D eigenvalue weighted by atomic mass is 16.3. The van der Waals surface area contributed by atoms with E-state index in [9.17, 15) is 0 Å². The minimum atomic E-state index is 0.171. The highest BCUT2D eigenvalue weighted by Crippen LogP contribution is 2.28. The second-order valence-electron chi connectivity index (χ2n) is 8.15. The van der Waals surface area contributed by atoms with E-state index in [1.54, 1.807) is 6.20 Å². The van der Waals surface area contributed by atoms with Gasteiger partial charge in [-0.2, -0.15) is 0 Å². The number of hydrogen-bond donors (Lipinski definition) is 2. The van der Waals surface area contributed by atoms with Crippen LogP contribution in [0.15, 0.2) is 66.9 Å². The van der Waals surface area contributed by atoms with Gasteiger partial charge in [0.15, 0.2) is 0 Å². The Kier molecular flexibility index (Phi) is 7.12. The molecule has 4 rings (SSSR count). The van der Waals surface area contributed by atoms with Crippen LogP contribution in [0.2, 0.25) is 0 Å². The van der Waals surface area contributed by atoms with Gasteiger partial charge in [0.25, 0.3) is 0 Å². The number of aromatic nitrogens is 2. The lowest BCUT2D eigenvalue weighted by Crippen LogP contribution is -2.32. The summed E-state index contributed by atoms with van der Waals surface area (Å²) in [6.45, 7) is 3.96. The van der Waals surface area contributed by atoms with Gasteiger partial charge in [0, 0.05) is 43.6 Å². The number of nitrogens with zero attached hydrogens (tertiary/aromatic N) is 4. The van der Waals surface area contributed by atoms with Crippen molar-refractivity contribution in [3.63, 3.8) is 0 Å². The molecule has 6 heteroatoms. The molecule has 2 aromatic heterocycles. The molecule has 1 saturated heterocycles. The number of anilines is 3. The summed E-state index contributed by atoms with van der Waals surface area (Å²) in [7, 11) is 2.00. The molecule has 0 aliphatic carbocycles. The van der Waals surface area contributed by atoms with Crippen molar-refractivity contribution in [2.75, 3.05) is 43.5 Å². The molecule has 6 nitrogen and oxygen atoms in total. The Hall–Kier alpha value is -2.96. The molecule has 1 aromatic carbocycles. The van der Waals surface area contributed by atoms with Crippen molar-refractivity contribution in [1.82, 2.24) is 14.9 Å². The highest BCUT2D eigenvalue weighted by Gasteiger charge is 2.22. The normalized spacial score (nSPS) is 15.0. The van der Waals surface area contributed by atoms with Crippen molar-refractivity contribution >= 4 is 17.3 Å². The Bertz CT molecular complexity index is 940. The summed E-state index contributed by atoms with van der Waals surface area (Å²) < 4.78 is 0. The van der Waals surface area contributed by atoms with Crippen molar-refractivity contribution in [1.29, 1.82) is 0 Å². The zero-order valence-corrected chi connectivity index (χ0v) is 18.1. The highest BCUT2D eigenvalue weighted by molar-refractivity contribution is 5.51. The lowest BCUT2D eigenvalue weighted by Gasteiger charge is -2.32. The number of likely N-dealkylation sites (tertiary alicyclic amines) is 1. The van der Waals surface area contributed by atoms with Gasteiger partial charge < -0.3 is 15.3 Å². The second-order valence-corrected chi connectivity index (χ2v) is 8.15. The average Bonchev–Trinajstić information content (AvgIpc) is 2.81. The molecule has 1 aliphatic heterocycles. The van der Waals surface area contributed by atoms with Gasteiger partial charge >= 0.3 is 0 Å². The van der Waals surface area contributed by atoms with Crippen LogP contribution in [0.25, 0.3) is 0 Å². The predicted octanol–water partition coefficient (Wildman–Crippen LogP) is 4.03. The van der Waals surface area contributed by atoms with E-state index in [1.807, 2.05) is 31.3 Å². The second kappa shape index (κ2) is 10.4. The van der Waals surface area contributed by atoms with Gasteiger partial charge in [0.2, 0.25) is 0 Å². The number of piperidine rings is 1. The molecule has 0 amide bonds. The van der Waals surface area contributed by atoms with Gasteiger partial charge in [-0.1, -0.05) is 24.3 Å². The molecule has 31 heavy (non-hydrogen) atoms. The van der Waals surface area contributed by atoms with E-state index in [1.165, 1.54) is 5.56 Å². The van der Waals surface area contributed by atoms with Gasteiger partial charge in [0.1, 0.15) is 11.6 Å². The maximum atomic E-state index is 9.10. The van der Waals surface area contributed by atoms with Crippen LogP contribution in [-0.4, -0.2) is 53.3 Å². The molecule has 3 heterocycles. The molecule has 1 fully saturated rings. The average molecular weight is 418 g/mol. The molecule has 1 aliphatic rings. The van der Waals surface area contributed by atoms with Crippen molar-refractivity contribution in [2.24, 2.45) is 0 Å². The fraction of sp³-hybridized carbons (Fsp3) is 0.360. The first-order valence-electron chi connectivity index (χ1n) is 11.0. The molecule has 0 spiro atoms. The van der Waals surface area contributed by atoms with Gasteiger partial charge in [0.05, 0.1) is 6.61 Å². The Balaban J connectivity index is 1.30. The molecule has 3 aromatic rings. The van der Waals surface area contributed by atoms with Crippen molar-refractivity contribution in [2.45, 2.75) is 25.3 Å². The summed E-state index contributed by atoms with van der Waals surface area (Å²) in [6, 6.07) is 20.7. The van der Waals surface area contributed by atoms with E-state index in [-0.39, 0.29) is 6.61 Å². The molecular formula is C25H31N5O. The van der Waals surface area contributed by atoms with E-state index in [4.69, 9.17) is 10.1 Å². The molecule has 0 bridgehead atoms. The SMILES string of the molecule is CN(CCO)c1ccc(CN2CCC(c3cccc(Nc4ccccn4)n3)CC2)cc1. The summed E-state index contributed by atoms with van der Waals surface area (Å²) in [4.78, 5) is 13.8. The number of rotatable bonds is 8. The summed E-state index contributed by atoms with van der Waals surface area (Å²) in [5, 5.41) is 12.4. The first-order valence-corrected chi connectivity index (χ1v) is 11.0. The number of likely N-dealkylation sites (N-methyl/N-ethyl adjacent to an activating group) is 1. The quantitative estimate of drug-likeness (QED) is 0.577. The third kappa shape index (κ3) is 5.81. The Morgan fingerprint density at radius 1 is 1.00 bits per heavy atom. The molecule has 2 N–H and O–H groups in total. The van der Waals surface area contributed by atoms with Crippen molar-refractivity contribution in [3.05, 3.63) is 78.1 Å². The first-order chi connectivity index (χ1) is 15.2. The van der Waals surface area contributed by atoms with Crippen molar-refractivity contribution in [3.8, 4) is 0 Å². The van der Waals surface area contributed by atoms with E-state index < -0.39 is 0 Å². The summed E-state index contributed by atoms with van der Waals surface area (Å²) in [5.74, 6) is 2.16. The van der Waals surface area contributed by atoms with Gasteiger partial charge in [-0.05, 0) is 67.9 Å². The number of aliphatic hydroxyl groups excluding tert-OH is 1. The van der Waals surface area contributed by atoms with Gasteiger partial charge in [-0.3, -0.25) is 4.90 Å². The monoisotopic (exact) mass is 417 g/mol. The topological polar surface area (TPSA) is 64.5 Å². The fourth-order valence-electron chi connectivity index (χ4n) is 4.10. The molecule has 0 radical (unpaired) electrons. The van der Waals surface area contributed by atoms with E-state index in [0.717, 1.165) is 55.5 Å². The largest absolute Gasteiger partial charge is 0.395 e. The minimum absolute atomic E-state index is 0.171.